The molecule has 2 aromatic rings. The first-order valence-electron chi connectivity index (χ1n) is 10.5. The Morgan fingerprint density at radius 2 is 1.67 bits per heavy atom. The quantitative estimate of drug-likeness (QED) is 0.416. The monoisotopic (exact) mass is 364 g/mol. The van der Waals surface area contributed by atoms with Crippen molar-refractivity contribution < 1.29 is 4.74 Å². The Labute approximate surface area is 166 Å². The van der Waals surface area contributed by atoms with Gasteiger partial charge < -0.3 is 4.74 Å². The third-order valence-electron chi connectivity index (χ3n) is 5.08. The molecule has 1 atom stereocenters. The van der Waals surface area contributed by atoms with Crippen molar-refractivity contribution in [2.24, 2.45) is 11.8 Å². The van der Waals surface area contributed by atoms with E-state index < -0.39 is 0 Å². The van der Waals surface area contributed by atoms with E-state index in [9.17, 15) is 0 Å². The normalized spacial score (nSPS) is 12.7. The van der Waals surface area contributed by atoms with Gasteiger partial charge in [0.25, 0.3) is 0 Å². The highest BCUT2D eigenvalue weighted by molar-refractivity contribution is 5.76. The summed E-state index contributed by atoms with van der Waals surface area (Å²) in [5, 5.41) is 0. The summed E-state index contributed by atoms with van der Waals surface area (Å²) >= 11 is 0. The molecule has 0 aliphatic rings. The molecule has 27 heavy (non-hydrogen) atoms. The maximum atomic E-state index is 5.98. The van der Waals surface area contributed by atoms with Crippen LogP contribution in [0.15, 0.2) is 48.5 Å². The number of rotatable bonds is 10. The Morgan fingerprint density at radius 3 is 2.33 bits per heavy atom. The second-order valence-electron chi connectivity index (χ2n) is 8.18. The van der Waals surface area contributed by atoms with Crippen LogP contribution < -0.4 is 4.74 Å². The molecule has 1 unspecified atom stereocenters. The average molecular weight is 365 g/mol. The number of ether oxygens (including phenoxy) is 1. The van der Waals surface area contributed by atoms with E-state index in [1.807, 2.05) is 0 Å². The highest BCUT2D eigenvalue weighted by atomic mass is 16.5. The van der Waals surface area contributed by atoms with E-state index in [0.29, 0.717) is 0 Å². The van der Waals surface area contributed by atoms with Gasteiger partial charge in [-0.2, -0.15) is 0 Å². The lowest BCUT2D eigenvalue weighted by atomic mass is 9.97. The number of aryl methyl sites for hydroxylation is 1. The number of hydrogen-bond donors (Lipinski definition) is 0. The van der Waals surface area contributed by atoms with Crippen LogP contribution in [-0.2, 0) is 0 Å². The Balaban J connectivity index is 1.90. The van der Waals surface area contributed by atoms with Crippen molar-refractivity contribution in [3.05, 3.63) is 59.7 Å². The van der Waals surface area contributed by atoms with Crippen LogP contribution >= 0.6 is 0 Å². The lowest BCUT2D eigenvalue weighted by molar-refractivity contribution is 0.276. The minimum atomic E-state index is 0.735. The molecule has 0 bridgehead atoms. The molecule has 0 N–H and O–H groups in total. The van der Waals surface area contributed by atoms with Crippen LogP contribution in [0.1, 0.15) is 64.5 Å². The van der Waals surface area contributed by atoms with Gasteiger partial charge >= 0.3 is 0 Å². The van der Waals surface area contributed by atoms with Crippen LogP contribution in [0, 0.1) is 18.8 Å². The topological polar surface area (TPSA) is 9.23 Å². The van der Waals surface area contributed by atoms with Gasteiger partial charge in [0.15, 0.2) is 0 Å². The van der Waals surface area contributed by atoms with Crippen molar-refractivity contribution in [2.75, 3.05) is 6.61 Å². The zero-order chi connectivity index (χ0) is 19.6. The van der Waals surface area contributed by atoms with Gasteiger partial charge in [-0.25, -0.2) is 0 Å². The Morgan fingerprint density at radius 1 is 0.926 bits per heavy atom. The fourth-order valence-corrected chi connectivity index (χ4v) is 3.37. The first kappa shape index (κ1) is 21.3. The summed E-state index contributed by atoms with van der Waals surface area (Å²) in [4.78, 5) is 0. The van der Waals surface area contributed by atoms with Gasteiger partial charge in [0.2, 0.25) is 0 Å². The fraction of sp³-hybridized carbons (Fsp3) is 0.462. The second kappa shape index (κ2) is 11.0. The lowest BCUT2D eigenvalue weighted by Crippen LogP contribution is -2.04. The van der Waals surface area contributed by atoms with Gasteiger partial charge in [-0.15, -0.1) is 0 Å². The van der Waals surface area contributed by atoms with Crippen LogP contribution in [0.25, 0.3) is 17.2 Å². The molecule has 2 rings (SSSR count). The molecule has 0 aliphatic heterocycles. The third kappa shape index (κ3) is 7.25. The third-order valence-corrected chi connectivity index (χ3v) is 5.08. The zero-order valence-electron chi connectivity index (χ0n) is 17.8. The Kier molecular flexibility index (Phi) is 8.64. The minimum absolute atomic E-state index is 0.735. The molecule has 0 saturated heterocycles. The largest absolute Gasteiger partial charge is 0.494 e. The highest BCUT2D eigenvalue weighted by Crippen LogP contribution is 2.28. The molecule has 0 saturated carbocycles. The summed E-state index contributed by atoms with van der Waals surface area (Å²) in [6.45, 7) is 11.9. The summed E-state index contributed by atoms with van der Waals surface area (Å²) in [6.07, 6.45) is 9.36. The van der Waals surface area contributed by atoms with E-state index in [-0.39, 0.29) is 0 Å². The molecular weight excluding hydrogens is 328 g/mol. The highest BCUT2D eigenvalue weighted by Gasteiger charge is 2.06. The SMILES string of the molecule is C/C=C/c1ccc(C)cc1-c1ccc(OCCC(C)CCCC(C)C)cc1. The average Bonchev–Trinajstić information content (AvgIpc) is 2.64. The molecular formula is C26H36O. The molecule has 0 radical (unpaired) electrons. The summed E-state index contributed by atoms with van der Waals surface area (Å²) in [5.41, 5.74) is 5.05. The van der Waals surface area contributed by atoms with E-state index in [2.05, 4.69) is 89.2 Å². The van der Waals surface area contributed by atoms with Crippen molar-refractivity contribution in [3.63, 3.8) is 0 Å². The summed E-state index contributed by atoms with van der Waals surface area (Å²) in [7, 11) is 0. The minimum Gasteiger partial charge on any atom is -0.494 e. The van der Waals surface area contributed by atoms with Crippen LogP contribution in [0.3, 0.4) is 0 Å². The predicted octanol–water partition coefficient (Wildman–Crippen LogP) is 7.93. The molecule has 0 amide bonds. The van der Waals surface area contributed by atoms with E-state index in [4.69, 9.17) is 4.74 Å². The summed E-state index contributed by atoms with van der Waals surface area (Å²) in [5.74, 6) is 2.51. The van der Waals surface area contributed by atoms with E-state index in [0.717, 1.165) is 30.6 Å². The zero-order valence-corrected chi connectivity index (χ0v) is 17.8. The Bertz CT molecular complexity index is 709. The lowest BCUT2D eigenvalue weighted by Gasteiger charge is -2.14. The number of hydrogen-bond acceptors (Lipinski definition) is 1. The van der Waals surface area contributed by atoms with Gasteiger partial charge in [-0.3, -0.25) is 0 Å². The number of allylic oxidation sites excluding steroid dienone is 1. The van der Waals surface area contributed by atoms with Crippen LogP contribution in [-0.4, -0.2) is 6.61 Å². The first-order chi connectivity index (χ1) is 13.0. The fourth-order valence-electron chi connectivity index (χ4n) is 3.37. The van der Waals surface area contributed by atoms with E-state index >= 15 is 0 Å². The molecule has 0 fully saturated rings. The van der Waals surface area contributed by atoms with Gasteiger partial charge in [-0.05, 0) is 60.9 Å². The van der Waals surface area contributed by atoms with Gasteiger partial charge in [0.1, 0.15) is 5.75 Å². The van der Waals surface area contributed by atoms with Crippen LogP contribution in [0.4, 0.5) is 0 Å². The van der Waals surface area contributed by atoms with Crippen molar-refractivity contribution in [3.8, 4) is 16.9 Å². The molecule has 1 heteroatoms. The standard InChI is InChI=1S/C26H36O/c1-6-8-23-12-11-22(5)19-26(23)24-13-15-25(16-14-24)27-18-17-21(4)10-7-9-20(2)3/h6,8,11-16,19-21H,7,9-10,17-18H2,1-5H3/b8-6+. The van der Waals surface area contributed by atoms with Crippen molar-refractivity contribution in [1.29, 1.82) is 0 Å². The first-order valence-corrected chi connectivity index (χ1v) is 10.5. The van der Waals surface area contributed by atoms with Crippen molar-refractivity contribution in [1.82, 2.24) is 0 Å². The molecule has 146 valence electrons. The number of benzene rings is 2. The van der Waals surface area contributed by atoms with Gasteiger partial charge in [-0.1, -0.05) is 88.1 Å². The van der Waals surface area contributed by atoms with Gasteiger partial charge in [0.05, 0.1) is 6.61 Å². The van der Waals surface area contributed by atoms with E-state index in [1.54, 1.807) is 0 Å². The molecule has 2 aromatic carbocycles. The van der Waals surface area contributed by atoms with Crippen LogP contribution in [0.5, 0.6) is 5.75 Å². The van der Waals surface area contributed by atoms with Crippen molar-refractivity contribution in [2.45, 2.75) is 60.3 Å². The molecule has 0 heterocycles. The Hall–Kier alpha value is -2.02. The molecule has 0 spiro atoms. The van der Waals surface area contributed by atoms with Gasteiger partial charge in [0, 0.05) is 0 Å². The summed E-state index contributed by atoms with van der Waals surface area (Å²) < 4.78 is 5.98. The maximum absolute atomic E-state index is 5.98. The molecule has 1 nitrogen and oxygen atoms in total. The molecule has 0 aromatic heterocycles. The maximum Gasteiger partial charge on any atom is 0.119 e. The predicted molar refractivity (Wildman–Crippen MR) is 119 cm³/mol. The summed E-state index contributed by atoms with van der Waals surface area (Å²) in [6, 6.07) is 15.1. The smallest absolute Gasteiger partial charge is 0.119 e. The second-order valence-corrected chi connectivity index (χ2v) is 8.18. The molecule has 0 aliphatic carbocycles. The van der Waals surface area contributed by atoms with E-state index in [1.165, 1.54) is 41.5 Å². The van der Waals surface area contributed by atoms with Crippen molar-refractivity contribution >= 4 is 6.08 Å². The van der Waals surface area contributed by atoms with Crippen LogP contribution in [0.2, 0.25) is 0 Å².